The second kappa shape index (κ2) is 9.38. The van der Waals surface area contributed by atoms with Gasteiger partial charge in [-0.3, -0.25) is 4.99 Å². The topological polar surface area (TPSA) is 55.3 Å². The number of guanidine groups is 1. The highest BCUT2D eigenvalue weighted by Gasteiger charge is 2.57. The Labute approximate surface area is 158 Å². The van der Waals surface area contributed by atoms with Crippen molar-refractivity contribution in [3.05, 3.63) is 0 Å². The van der Waals surface area contributed by atoms with Gasteiger partial charge in [0.25, 0.3) is 0 Å². The number of ether oxygens (including phenoxy) is 3. The summed E-state index contributed by atoms with van der Waals surface area (Å²) in [4.78, 5) is 7.00. The van der Waals surface area contributed by atoms with Crippen LogP contribution in [0, 0.1) is 11.3 Å². The summed E-state index contributed by atoms with van der Waals surface area (Å²) in [6, 6.07) is 0.511. The van der Waals surface area contributed by atoms with Crippen LogP contribution >= 0.6 is 0 Å². The van der Waals surface area contributed by atoms with Crippen LogP contribution < -0.4 is 5.32 Å². The third-order valence-electron chi connectivity index (χ3n) is 6.57. The van der Waals surface area contributed by atoms with Crippen LogP contribution in [0.3, 0.4) is 0 Å². The van der Waals surface area contributed by atoms with E-state index in [0.717, 1.165) is 38.7 Å². The Morgan fingerprint density at radius 2 is 2.08 bits per heavy atom. The molecule has 3 fully saturated rings. The van der Waals surface area contributed by atoms with E-state index < -0.39 is 0 Å². The number of methoxy groups -OCH3 is 1. The van der Waals surface area contributed by atoms with Gasteiger partial charge in [-0.05, 0) is 32.6 Å². The van der Waals surface area contributed by atoms with E-state index >= 15 is 0 Å². The molecule has 3 unspecified atom stereocenters. The molecule has 0 amide bonds. The van der Waals surface area contributed by atoms with Crippen molar-refractivity contribution in [1.29, 1.82) is 0 Å². The molecule has 1 N–H and O–H groups in total. The maximum atomic E-state index is 6.05. The number of aliphatic imine (C=N–C) groups is 1. The molecule has 0 radical (unpaired) electrons. The Hall–Kier alpha value is -0.850. The fourth-order valence-corrected chi connectivity index (χ4v) is 5.10. The van der Waals surface area contributed by atoms with Crippen LogP contribution in [-0.2, 0) is 14.2 Å². The van der Waals surface area contributed by atoms with E-state index in [1.165, 1.54) is 32.1 Å². The van der Waals surface area contributed by atoms with Gasteiger partial charge in [0.1, 0.15) is 0 Å². The molecular formula is C20H37N3O3. The van der Waals surface area contributed by atoms with Crippen LogP contribution in [0.1, 0.15) is 45.4 Å². The minimum atomic E-state index is 0.342. The highest BCUT2D eigenvalue weighted by Crippen LogP contribution is 2.54. The van der Waals surface area contributed by atoms with Crippen molar-refractivity contribution in [1.82, 2.24) is 10.2 Å². The molecule has 150 valence electrons. The number of hydrogen-bond acceptors (Lipinski definition) is 4. The van der Waals surface area contributed by atoms with Crippen molar-refractivity contribution in [3.8, 4) is 0 Å². The molecule has 6 nitrogen and oxygen atoms in total. The predicted octanol–water partition coefficient (Wildman–Crippen LogP) is 2.28. The van der Waals surface area contributed by atoms with Crippen LogP contribution in [0.2, 0.25) is 0 Å². The lowest BCUT2D eigenvalue weighted by Gasteiger charge is -2.54. The molecule has 1 aliphatic heterocycles. The van der Waals surface area contributed by atoms with Crippen molar-refractivity contribution in [2.45, 2.75) is 57.6 Å². The molecule has 26 heavy (non-hydrogen) atoms. The third-order valence-corrected chi connectivity index (χ3v) is 6.57. The van der Waals surface area contributed by atoms with Crippen molar-refractivity contribution in [2.24, 2.45) is 16.3 Å². The van der Waals surface area contributed by atoms with E-state index in [-0.39, 0.29) is 0 Å². The number of nitrogens with one attached hydrogen (secondary N) is 1. The number of rotatable bonds is 8. The van der Waals surface area contributed by atoms with E-state index in [1.807, 2.05) is 7.05 Å². The molecule has 6 heteroatoms. The second-order valence-corrected chi connectivity index (χ2v) is 8.03. The highest BCUT2D eigenvalue weighted by molar-refractivity contribution is 5.80. The van der Waals surface area contributed by atoms with Crippen molar-refractivity contribution >= 4 is 5.96 Å². The SMILES string of the molecule is CCOC1CC(NC(=NC)N2CCC(COCCOC)C2)C12CCCC2. The first-order valence-corrected chi connectivity index (χ1v) is 10.4. The third kappa shape index (κ3) is 4.18. The molecule has 1 saturated heterocycles. The first-order chi connectivity index (χ1) is 12.7. The molecular weight excluding hydrogens is 330 g/mol. The maximum absolute atomic E-state index is 6.05. The monoisotopic (exact) mass is 367 g/mol. The average molecular weight is 368 g/mol. The molecule has 0 aromatic carbocycles. The smallest absolute Gasteiger partial charge is 0.193 e. The summed E-state index contributed by atoms with van der Waals surface area (Å²) in [5.74, 6) is 1.65. The first kappa shape index (κ1) is 19.9. The Kier molecular flexibility index (Phi) is 7.18. The van der Waals surface area contributed by atoms with E-state index in [9.17, 15) is 0 Å². The largest absolute Gasteiger partial charge is 0.382 e. The first-order valence-electron chi connectivity index (χ1n) is 10.4. The number of hydrogen-bond donors (Lipinski definition) is 1. The van der Waals surface area contributed by atoms with Crippen molar-refractivity contribution in [2.75, 3.05) is 53.7 Å². The minimum absolute atomic E-state index is 0.342. The van der Waals surface area contributed by atoms with Gasteiger partial charge in [-0.25, -0.2) is 0 Å². The fraction of sp³-hybridized carbons (Fsp3) is 0.950. The summed E-state index contributed by atoms with van der Waals surface area (Å²) in [5, 5.41) is 3.80. The minimum Gasteiger partial charge on any atom is -0.382 e. The van der Waals surface area contributed by atoms with Crippen LogP contribution in [0.15, 0.2) is 4.99 Å². The lowest BCUT2D eigenvalue weighted by atomic mass is 9.60. The normalized spacial score (nSPS) is 30.8. The lowest BCUT2D eigenvalue weighted by molar-refractivity contribution is -0.126. The van der Waals surface area contributed by atoms with Crippen LogP contribution in [0.5, 0.6) is 0 Å². The summed E-state index contributed by atoms with van der Waals surface area (Å²) in [6.45, 7) is 7.20. The van der Waals surface area contributed by atoms with E-state index in [1.54, 1.807) is 7.11 Å². The van der Waals surface area contributed by atoms with Gasteiger partial charge in [-0.15, -0.1) is 0 Å². The Balaban J connectivity index is 1.49. The quantitative estimate of drug-likeness (QED) is 0.405. The van der Waals surface area contributed by atoms with E-state index in [2.05, 4.69) is 22.1 Å². The molecule has 3 atom stereocenters. The van der Waals surface area contributed by atoms with E-state index in [4.69, 9.17) is 14.2 Å². The molecule has 3 rings (SSSR count). The number of likely N-dealkylation sites (tertiary alicyclic amines) is 1. The second-order valence-electron chi connectivity index (χ2n) is 8.03. The van der Waals surface area contributed by atoms with E-state index in [0.29, 0.717) is 36.7 Å². The Morgan fingerprint density at radius 3 is 2.77 bits per heavy atom. The van der Waals surface area contributed by atoms with Gasteiger partial charge >= 0.3 is 0 Å². The van der Waals surface area contributed by atoms with Gasteiger partial charge in [0.05, 0.1) is 25.9 Å². The van der Waals surface area contributed by atoms with Gasteiger partial charge in [0.2, 0.25) is 0 Å². The zero-order valence-electron chi connectivity index (χ0n) is 16.8. The van der Waals surface area contributed by atoms with Gasteiger partial charge in [-0.1, -0.05) is 12.8 Å². The molecule has 0 bridgehead atoms. The van der Waals surface area contributed by atoms with Crippen molar-refractivity contribution in [3.63, 3.8) is 0 Å². The van der Waals surface area contributed by atoms with Crippen LogP contribution in [-0.4, -0.2) is 76.7 Å². The summed E-state index contributed by atoms with van der Waals surface area (Å²) < 4.78 is 16.8. The number of nitrogens with zero attached hydrogens (tertiary/aromatic N) is 2. The molecule has 0 aromatic rings. The summed E-state index contributed by atoms with van der Waals surface area (Å²) in [6.07, 6.45) is 7.99. The van der Waals surface area contributed by atoms with Gasteiger partial charge in [-0.2, -0.15) is 0 Å². The van der Waals surface area contributed by atoms with Gasteiger partial charge in [0, 0.05) is 51.2 Å². The van der Waals surface area contributed by atoms with Gasteiger partial charge in [0.15, 0.2) is 5.96 Å². The molecule has 2 aliphatic carbocycles. The average Bonchev–Trinajstić information content (AvgIpc) is 3.32. The lowest BCUT2D eigenvalue weighted by Crippen LogP contribution is -2.65. The molecule has 2 saturated carbocycles. The molecule has 1 heterocycles. The zero-order valence-corrected chi connectivity index (χ0v) is 16.8. The maximum Gasteiger partial charge on any atom is 0.193 e. The van der Waals surface area contributed by atoms with Crippen LogP contribution in [0.4, 0.5) is 0 Å². The summed E-state index contributed by atoms with van der Waals surface area (Å²) in [7, 11) is 3.62. The fourth-order valence-electron chi connectivity index (χ4n) is 5.10. The van der Waals surface area contributed by atoms with Crippen LogP contribution in [0.25, 0.3) is 0 Å². The zero-order chi connectivity index (χ0) is 18.4. The molecule has 3 aliphatic rings. The Morgan fingerprint density at radius 1 is 1.27 bits per heavy atom. The molecule has 0 aromatic heterocycles. The Bertz CT molecular complexity index is 465. The summed E-state index contributed by atoms with van der Waals surface area (Å²) >= 11 is 0. The highest BCUT2D eigenvalue weighted by atomic mass is 16.5. The van der Waals surface area contributed by atoms with Crippen molar-refractivity contribution < 1.29 is 14.2 Å². The molecule has 1 spiro atoms. The van der Waals surface area contributed by atoms with Gasteiger partial charge < -0.3 is 24.4 Å². The predicted molar refractivity (Wildman–Crippen MR) is 104 cm³/mol. The summed E-state index contributed by atoms with van der Waals surface area (Å²) in [5.41, 5.74) is 0.342. The standard InChI is InChI=1S/C20H37N3O3/c1-4-26-18-13-17(20(18)8-5-6-9-20)22-19(21-2)23-10-7-16(14-23)15-25-12-11-24-3/h16-18H,4-15H2,1-3H3,(H,21,22).